The SMILES string of the molecule is CCON1C(=O)[C@H]2C3c4ccccc4C(c4ccccc43)[C@@H]2C1=O. The molecule has 24 heavy (non-hydrogen) atoms. The minimum atomic E-state index is -0.348. The Balaban J connectivity index is 1.77. The molecule has 0 radical (unpaired) electrons. The Hall–Kier alpha value is -2.46. The topological polar surface area (TPSA) is 46.6 Å². The van der Waals surface area contributed by atoms with Crippen LogP contribution in [-0.4, -0.2) is 23.5 Å². The van der Waals surface area contributed by atoms with Crippen LogP contribution in [0.3, 0.4) is 0 Å². The number of carbonyl (C=O) groups is 2. The van der Waals surface area contributed by atoms with Gasteiger partial charge in [0.05, 0.1) is 18.4 Å². The van der Waals surface area contributed by atoms with E-state index in [2.05, 4.69) is 24.3 Å². The van der Waals surface area contributed by atoms with Gasteiger partial charge in [0.15, 0.2) is 0 Å². The smallest absolute Gasteiger partial charge is 0.258 e. The molecule has 0 aromatic heterocycles. The lowest BCUT2D eigenvalue weighted by Crippen LogP contribution is -2.41. The lowest BCUT2D eigenvalue weighted by atomic mass is 9.55. The quantitative estimate of drug-likeness (QED) is 0.800. The molecule has 4 heteroatoms. The molecule has 4 nitrogen and oxygen atoms in total. The number of hydrogen-bond donors (Lipinski definition) is 0. The summed E-state index contributed by atoms with van der Waals surface area (Å²) >= 11 is 0. The second-order valence-electron chi connectivity index (χ2n) is 6.65. The molecule has 2 aromatic carbocycles. The van der Waals surface area contributed by atoms with E-state index in [4.69, 9.17) is 4.84 Å². The Morgan fingerprint density at radius 3 is 1.50 bits per heavy atom. The van der Waals surface area contributed by atoms with E-state index < -0.39 is 0 Å². The first-order valence-electron chi connectivity index (χ1n) is 8.42. The van der Waals surface area contributed by atoms with Crippen molar-refractivity contribution < 1.29 is 14.4 Å². The van der Waals surface area contributed by atoms with Crippen LogP contribution >= 0.6 is 0 Å². The molecule has 0 spiro atoms. The Bertz CT molecular complexity index is 759. The number of imide groups is 1. The van der Waals surface area contributed by atoms with E-state index in [1.165, 1.54) is 22.3 Å². The van der Waals surface area contributed by atoms with Crippen LogP contribution in [0.2, 0.25) is 0 Å². The maximum atomic E-state index is 12.9. The summed E-state index contributed by atoms with van der Waals surface area (Å²) in [6.45, 7) is 2.10. The van der Waals surface area contributed by atoms with Gasteiger partial charge in [0, 0.05) is 11.8 Å². The van der Waals surface area contributed by atoms with Crippen LogP contribution < -0.4 is 0 Å². The summed E-state index contributed by atoms with van der Waals surface area (Å²) in [5.74, 6) is -1.20. The van der Waals surface area contributed by atoms with Gasteiger partial charge in [-0.1, -0.05) is 48.5 Å². The van der Waals surface area contributed by atoms with Crippen LogP contribution in [0, 0.1) is 11.8 Å². The zero-order valence-electron chi connectivity index (χ0n) is 13.3. The van der Waals surface area contributed by atoms with E-state index in [0.717, 1.165) is 5.06 Å². The molecule has 2 bridgehead atoms. The molecule has 0 saturated carbocycles. The van der Waals surface area contributed by atoms with Gasteiger partial charge in [-0.25, -0.2) is 0 Å². The summed E-state index contributed by atoms with van der Waals surface area (Å²) in [6.07, 6.45) is 0. The van der Waals surface area contributed by atoms with Crippen LogP contribution in [0.15, 0.2) is 48.5 Å². The lowest BCUT2D eigenvalue weighted by molar-refractivity contribution is -0.188. The van der Waals surface area contributed by atoms with E-state index in [1.54, 1.807) is 6.92 Å². The average Bonchev–Trinajstić information content (AvgIpc) is 2.88. The molecule has 2 aromatic rings. The van der Waals surface area contributed by atoms with Crippen molar-refractivity contribution in [3.63, 3.8) is 0 Å². The molecule has 1 heterocycles. The minimum absolute atomic E-state index is 0.0608. The largest absolute Gasteiger partial charge is 0.272 e. The van der Waals surface area contributed by atoms with Crippen molar-refractivity contribution in [2.45, 2.75) is 18.8 Å². The predicted octanol–water partition coefficient (Wildman–Crippen LogP) is 2.83. The van der Waals surface area contributed by atoms with E-state index in [-0.39, 0.29) is 35.5 Å². The van der Waals surface area contributed by atoms with Crippen LogP contribution in [0.1, 0.15) is 41.0 Å². The van der Waals surface area contributed by atoms with Crippen molar-refractivity contribution in [1.29, 1.82) is 0 Å². The van der Waals surface area contributed by atoms with Gasteiger partial charge >= 0.3 is 0 Å². The number of amides is 2. The lowest BCUT2D eigenvalue weighted by Gasteiger charge is -2.45. The summed E-state index contributed by atoms with van der Waals surface area (Å²) in [4.78, 5) is 31.2. The number of hydroxylamine groups is 2. The van der Waals surface area contributed by atoms with E-state index >= 15 is 0 Å². The maximum absolute atomic E-state index is 12.9. The van der Waals surface area contributed by atoms with Gasteiger partial charge < -0.3 is 0 Å². The van der Waals surface area contributed by atoms with Crippen LogP contribution in [-0.2, 0) is 14.4 Å². The Morgan fingerprint density at radius 1 is 0.792 bits per heavy atom. The third kappa shape index (κ3) is 1.52. The molecule has 6 rings (SSSR count). The molecule has 2 atom stereocenters. The Labute approximate surface area is 140 Å². The van der Waals surface area contributed by atoms with Crippen molar-refractivity contribution in [3.05, 3.63) is 70.8 Å². The highest BCUT2D eigenvalue weighted by Crippen LogP contribution is 2.60. The fourth-order valence-corrected chi connectivity index (χ4v) is 4.91. The molecule has 2 amide bonds. The molecule has 3 aliphatic carbocycles. The zero-order chi connectivity index (χ0) is 16.4. The number of rotatable bonds is 2. The van der Waals surface area contributed by atoms with E-state index in [0.29, 0.717) is 6.61 Å². The molecule has 0 N–H and O–H groups in total. The third-order valence-corrected chi connectivity index (χ3v) is 5.67. The number of benzene rings is 2. The summed E-state index contributed by atoms with van der Waals surface area (Å²) in [5.41, 5.74) is 4.73. The average molecular weight is 319 g/mol. The highest BCUT2D eigenvalue weighted by Gasteiger charge is 2.62. The van der Waals surface area contributed by atoms with Crippen molar-refractivity contribution in [2.75, 3.05) is 6.61 Å². The standard InChI is InChI=1S/C20H17NO3/c1-2-24-21-19(22)17-15-11-7-3-4-8-12(11)16(18(17)20(21)23)14-10-6-5-9-13(14)15/h3-10,15-18H,2H2,1H3/t15?,16?,17-,18-/m0/s1. The van der Waals surface area contributed by atoms with Gasteiger partial charge in [-0.05, 0) is 29.2 Å². The number of carbonyl (C=O) groups excluding carboxylic acids is 2. The third-order valence-electron chi connectivity index (χ3n) is 5.67. The summed E-state index contributed by atoms with van der Waals surface area (Å²) in [6, 6.07) is 16.4. The van der Waals surface area contributed by atoms with Crippen molar-refractivity contribution in [1.82, 2.24) is 5.06 Å². The summed E-state index contributed by atoms with van der Waals surface area (Å²) < 4.78 is 0. The second kappa shape index (κ2) is 4.77. The molecule has 4 aliphatic rings. The second-order valence-corrected chi connectivity index (χ2v) is 6.65. The summed E-state index contributed by atoms with van der Waals surface area (Å²) in [5, 5.41) is 1.02. The van der Waals surface area contributed by atoms with Gasteiger partial charge in [-0.15, -0.1) is 0 Å². The highest BCUT2D eigenvalue weighted by molar-refractivity contribution is 6.06. The molecule has 1 aliphatic heterocycles. The fraction of sp³-hybridized carbons (Fsp3) is 0.300. The highest BCUT2D eigenvalue weighted by atomic mass is 16.7. The monoisotopic (exact) mass is 319 g/mol. The van der Waals surface area contributed by atoms with Crippen LogP contribution in [0.25, 0.3) is 0 Å². The Morgan fingerprint density at radius 2 is 1.17 bits per heavy atom. The fourth-order valence-electron chi connectivity index (χ4n) is 4.91. The molecule has 0 unspecified atom stereocenters. The first kappa shape index (κ1) is 13.9. The predicted molar refractivity (Wildman–Crippen MR) is 87.0 cm³/mol. The molecule has 1 saturated heterocycles. The normalized spacial score (nSPS) is 29.5. The van der Waals surface area contributed by atoms with E-state index in [9.17, 15) is 9.59 Å². The maximum Gasteiger partial charge on any atom is 0.258 e. The first-order chi connectivity index (χ1) is 11.7. The van der Waals surface area contributed by atoms with Gasteiger partial charge in [0.25, 0.3) is 11.8 Å². The molecular formula is C20H17NO3. The number of nitrogens with zero attached hydrogens (tertiary/aromatic N) is 1. The van der Waals surface area contributed by atoms with Gasteiger partial charge in [-0.2, -0.15) is 5.06 Å². The zero-order valence-corrected chi connectivity index (χ0v) is 13.3. The van der Waals surface area contributed by atoms with Gasteiger partial charge in [-0.3, -0.25) is 14.4 Å². The van der Waals surface area contributed by atoms with Gasteiger partial charge in [0.1, 0.15) is 0 Å². The van der Waals surface area contributed by atoms with Gasteiger partial charge in [0.2, 0.25) is 0 Å². The van der Waals surface area contributed by atoms with Crippen molar-refractivity contribution in [3.8, 4) is 0 Å². The van der Waals surface area contributed by atoms with E-state index in [1.807, 2.05) is 24.3 Å². The molecular weight excluding hydrogens is 302 g/mol. The van der Waals surface area contributed by atoms with Crippen molar-refractivity contribution in [2.24, 2.45) is 11.8 Å². The van der Waals surface area contributed by atoms with Crippen LogP contribution in [0.4, 0.5) is 0 Å². The minimum Gasteiger partial charge on any atom is -0.272 e. The molecule has 1 fully saturated rings. The molecule has 120 valence electrons. The first-order valence-corrected chi connectivity index (χ1v) is 8.42. The summed E-state index contributed by atoms with van der Waals surface area (Å²) in [7, 11) is 0. The van der Waals surface area contributed by atoms with Crippen LogP contribution in [0.5, 0.6) is 0 Å². The number of hydrogen-bond acceptors (Lipinski definition) is 3. The van der Waals surface area contributed by atoms with Crippen molar-refractivity contribution >= 4 is 11.8 Å². The Kier molecular flexibility index (Phi) is 2.77.